The number of benzene rings is 1. The van der Waals surface area contributed by atoms with Gasteiger partial charge in [-0.15, -0.1) is 0 Å². The van der Waals surface area contributed by atoms with Gasteiger partial charge in [0.15, 0.2) is 0 Å². The zero-order valence-corrected chi connectivity index (χ0v) is 10.7. The second kappa shape index (κ2) is 5.16. The lowest BCUT2D eigenvalue weighted by molar-refractivity contribution is -0.384. The fourth-order valence-electron chi connectivity index (χ4n) is 2.13. The number of amides is 2. The quantitative estimate of drug-likeness (QED) is 0.634. The molecule has 1 heterocycles. The number of nitro benzene ring substituents is 1. The van der Waals surface area contributed by atoms with E-state index in [1.807, 2.05) is 0 Å². The normalized spacial score (nSPS) is 18.1. The molecule has 1 fully saturated rings. The van der Waals surface area contributed by atoms with Crippen LogP contribution in [-0.2, 0) is 9.59 Å². The van der Waals surface area contributed by atoms with Gasteiger partial charge in [0.1, 0.15) is 5.75 Å². The molecule has 8 heteroatoms. The summed E-state index contributed by atoms with van der Waals surface area (Å²) in [6, 6.07) is 3.95. The number of nitrogens with two attached hydrogens (primary N) is 1. The lowest BCUT2D eigenvalue weighted by Gasteiger charge is -2.18. The van der Waals surface area contributed by atoms with Crippen molar-refractivity contribution in [2.45, 2.75) is 6.42 Å². The number of hydrogen-bond donors (Lipinski definition) is 1. The number of methoxy groups -OCH3 is 1. The largest absolute Gasteiger partial charge is 0.495 e. The molecule has 106 valence electrons. The summed E-state index contributed by atoms with van der Waals surface area (Å²) in [5.41, 5.74) is 5.31. The highest BCUT2D eigenvalue weighted by Crippen LogP contribution is 2.35. The number of non-ortho nitro benzene ring substituents is 1. The van der Waals surface area contributed by atoms with Crippen molar-refractivity contribution in [3.63, 3.8) is 0 Å². The van der Waals surface area contributed by atoms with E-state index >= 15 is 0 Å². The van der Waals surface area contributed by atoms with Crippen molar-refractivity contribution in [1.29, 1.82) is 0 Å². The van der Waals surface area contributed by atoms with Crippen molar-refractivity contribution in [1.82, 2.24) is 0 Å². The van der Waals surface area contributed by atoms with Crippen molar-refractivity contribution in [2.24, 2.45) is 11.7 Å². The maximum atomic E-state index is 11.9. The maximum Gasteiger partial charge on any atom is 0.271 e. The second-order valence-electron chi connectivity index (χ2n) is 4.42. The number of primary amides is 1. The van der Waals surface area contributed by atoms with Gasteiger partial charge in [-0.1, -0.05) is 0 Å². The molecule has 2 rings (SSSR count). The number of carbonyl (C=O) groups excluding carboxylic acids is 2. The van der Waals surface area contributed by atoms with Crippen LogP contribution >= 0.6 is 0 Å². The predicted octanol–water partition coefficient (Wildman–Crippen LogP) is 0.442. The van der Waals surface area contributed by atoms with E-state index in [-0.39, 0.29) is 30.2 Å². The molecule has 0 bridgehead atoms. The average molecular weight is 279 g/mol. The molecule has 0 radical (unpaired) electrons. The molecule has 8 nitrogen and oxygen atoms in total. The first-order valence-corrected chi connectivity index (χ1v) is 5.86. The number of nitro groups is 1. The molecular weight excluding hydrogens is 266 g/mol. The summed E-state index contributed by atoms with van der Waals surface area (Å²) in [5, 5.41) is 10.8. The SMILES string of the molecule is COc1ccc([N+](=O)[O-])cc1N1C[C@@H](C(N)=O)CC1=O. The molecule has 1 atom stereocenters. The summed E-state index contributed by atoms with van der Waals surface area (Å²) >= 11 is 0. The highest BCUT2D eigenvalue weighted by molar-refractivity contribution is 6.01. The zero-order valence-electron chi connectivity index (χ0n) is 10.7. The maximum absolute atomic E-state index is 11.9. The van der Waals surface area contributed by atoms with Crippen molar-refractivity contribution >= 4 is 23.2 Å². The molecule has 20 heavy (non-hydrogen) atoms. The van der Waals surface area contributed by atoms with Crippen LogP contribution in [0.5, 0.6) is 5.75 Å². The Morgan fingerprint density at radius 1 is 1.55 bits per heavy atom. The highest BCUT2D eigenvalue weighted by atomic mass is 16.6. The molecule has 2 N–H and O–H groups in total. The van der Waals surface area contributed by atoms with Crippen LogP contribution in [0.15, 0.2) is 18.2 Å². The number of hydrogen-bond acceptors (Lipinski definition) is 5. The van der Waals surface area contributed by atoms with Crippen LogP contribution < -0.4 is 15.4 Å². The Bertz CT molecular complexity index is 586. The molecule has 1 aliphatic heterocycles. The Morgan fingerprint density at radius 3 is 2.75 bits per heavy atom. The first kappa shape index (κ1) is 13.8. The number of ether oxygens (including phenoxy) is 1. The lowest BCUT2D eigenvalue weighted by atomic mass is 10.1. The smallest absolute Gasteiger partial charge is 0.271 e. The van der Waals surface area contributed by atoms with E-state index in [9.17, 15) is 19.7 Å². The predicted molar refractivity (Wildman–Crippen MR) is 69.3 cm³/mol. The average Bonchev–Trinajstić information content (AvgIpc) is 2.80. The number of rotatable bonds is 4. The van der Waals surface area contributed by atoms with Crippen LogP contribution in [0.4, 0.5) is 11.4 Å². The molecule has 1 aliphatic rings. The third-order valence-corrected chi connectivity index (χ3v) is 3.19. The lowest BCUT2D eigenvalue weighted by Crippen LogP contribution is -2.28. The van der Waals surface area contributed by atoms with Gasteiger partial charge in [-0.3, -0.25) is 19.7 Å². The zero-order chi connectivity index (χ0) is 14.9. The van der Waals surface area contributed by atoms with E-state index in [2.05, 4.69) is 0 Å². The third-order valence-electron chi connectivity index (χ3n) is 3.19. The standard InChI is InChI=1S/C12H13N3O5/c1-20-10-3-2-8(15(18)19)5-9(10)14-6-7(12(13)17)4-11(14)16/h2-3,5,7H,4,6H2,1H3,(H2,13,17)/t7-/m0/s1. The first-order valence-electron chi connectivity index (χ1n) is 5.86. The topological polar surface area (TPSA) is 116 Å². The molecule has 1 aromatic carbocycles. The number of nitrogens with zero attached hydrogens (tertiary/aromatic N) is 2. The van der Waals surface area contributed by atoms with E-state index < -0.39 is 16.7 Å². The molecule has 1 saturated heterocycles. The summed E-state index contributed by atoms with van der Waals surface area (Å²) in [4.78, 5) is 34.6. The van der Waals surface area contributed by atoms with Crippen molar-refractivity contribution in [3.05, 3.63) is 28.3 Å². The minimum absolute atomic E-state index is 0.00117. The first-order chi connectivity index (χ1) is 9.43. The number of anilines is 1. The van der Waals surface area contributed by atoms with Crippen LogP contribution in [-0.4, -0.2) is 30.4 Å². The van der Waals surface area contributed by atoms with Gasteiger partial charge in [0.25, 0.3) is 5.69 Å². The summed E-state index contributed by atoms with van der Waals surface area (Å²) in [6.45, 7) is 0.103. The Balaban J connectivity index is 2.40. The minimum Gasteiger partial charge on any atom is -0.495 e. The van der Waals surface area contributed by atoms with Gasteiger partial charge in [-0.05, 0) is 6.07 Å². The molecule has 1 aromatic rings. The monoisotopic (exact) mass is 279 g/mol. The van der Waals surface area contributed by atoms with Crippen LogP contribution in [0.25, 0.3) is 0 Å². The number of carbonyl (C=O) groups is 2. The fourth-order valence-corrected chi connectivity index (χ4v) is 2.13. The second-order valence-corrected chi connectivity index (χ2v) is 4.42. The van der Waals surface area contributed by atoms with E-state index in [1.54, 1.807) is 0 Å². The fraction of sp³-hybridized carbons (Fsp3) is 0.333. The van der Waals surface area contributed by atoms with Crippen LogP contribution in [0.3, 0.4) is 0 Å². The summed E-state index contributed by atoms with van der Waals surface area (Å²) < 4.78 is 5.10. The molecule has 0 unspecified atom stereocenters. The van der Waals surface area contributed by atoms with Crippen molar-refractivity contribution < 1.29 is 19.2 Å². The van der Waals surface area contributed by atoms with Gasteiger partial charge in [0.05, 0.1) is 23.6 Å². The Labute approximate surface area is 114 Å². The van der Waals surface area contributed by atoms with Gasteiger partial charge < -0.3 is 15.4 Å². The Hall–Kier alpha value is -2.64. The van der Waals surface area contributed by atoms with Crippen molar-refractivity contribution in [2.75, 3.05) is 18.6 Å². The Morgan fingerprint density at radius 2 is 2.25 bits per heavy atom. The summed E-state index contributed by atoms with van der Waals surface area (Å²) in [5.74, 6) is -1.14. The summed E-state index contributed by atoms with van der Waals surface area (Å²) in [7, 11) is 1.40. The van der Waals surface area contributed by atoms with Gasteiger partial charge in [-0.2, -0.15) is 0 Å². The minimum atomic E-state index is -0.591. The summed E-state index contributed by atoms with van der Waals surface area (Å²) in [6.07, 6.45) is 0.00117. The molecule has 0 spiro atoms. The van der Waals surface area contributed by atoms with Gasteiger partial charge in [-0.25, -0.2) is 0 Å². The van der Waals surface area contributed by atoms with E-state index in [4.69, 9.17) is 10.5 Å². The molecule has 0 aliphatic carbocycles. The molecular formula is C12H13N3O5. The van der Waals surface area contributed by atoms with Gasteiger partial charge in [0, 0.05) is 25.1 Å². The van der Waals surface area contributed by atoms with Crippen LogP contribution in [0.2, 0.25) is 0 Å². The third kappa shape index (κ3) is 2.40. The van der Waals surface area contributed by atoms with Gasteiger partial charge in [0.2, 0.25) is 11.8 Å². The van der Waals surface area contributed by atoms with E-state index in [0.29, 0.717) is 5.75 Å². The molecule has 0 aromatic heterocycles. The molecule has 0 saturated carbocycles. The van der Waals surface area contributed by atoms with Crippen LogP contribution in [0, 0.1) is 16.0 Å². The molecule has 2 amide bonds. The van der Waals surface area contributed by atoms with E-state index in [0.717, 1.165) is 0 Å². The van der Waals surface area contributed by atoms with Gasteiger partial charge >= 0.3 is 0 Å². The van der Waals surface area contributed by atoms with Crippen LogP contribution in [0.1, 0.15) is 6.42 Å². The highest BCUT2D eigenvalue weighted by Gasteiger charge is 2.35. The van der Waals surface area contributed by atoms with Crippen molar-refractivity contribution in [3.8, 4) is 5.75 Å². The Kier molecular flexibility index (Phi) is 3.55. The van der Waals surface area contributed by atoms with E-state index in [1.165, 1.54) is 30.2 Å².